The van der Waals surface area contributed by atoms with E-state index in [1.807, 2.05) is 26.8 Å². The van der Waals surface area contributed by atoms with E-state index in [1.165, 1.54) is 0 Å². The predicted molar refractivity (Wildman–Crippen MR) is 70.3 cm³/mol. The van der Waals surface area contributed by atoms with Crippen LogP contribution in [0.25, 0.3) is 0 Å². The zero-order valence-electron chi connectivity index (χ0n) is 10.9. The van der Waals surface area contributed by atoms with Crippen LogP contribution in [-0.4, -0.2) is 19.0 Å². The van der Waals surface area contributed by atoms with E-state index in [0.29, 0.717) is 0 Å². The molecule has 1 heterocycles. The number of amides is 1. The molecule has 1 amide bonds. The number of carbonyl (C=O) groups is 1. The monoisotopic (exact) mass is 243 g/mol. The van der Waals surface area contributed by atoms with E-state index in [1.54, 1.807) is 4.90 Å². The van der Waals surface area contributed by atoms with Gasteiger partial charge in [0.2, 0.25) is 5.91 Å². The van der Waals surface area contributed by atoms with Gasteiger partial charge in [-0.25, -0.2) is 0 Å². The molecule has 4 heteroatoms. The Kier molecular flexibility index (Phi) is 3.35. The van der Waals surface area contributed by atoms with Gasteiger partial charge < -0.3 is 5.32 Å². The summed E-state index contributed by atoms with van der Waals surface area (Å²) >= 11 is 0. The fraction of sp³-hybridized carbons (Fsp3) is 0.429. The first kappa shape index (κ1) is 12.6. The lowest BCUT2D eigenvalue weighted by atomic mass is 10.00. The molecule has 1 aromatic rings. The molecule has 0 radical (unpaired) electrons. The molecular weight excluding hydrogens is 226 g/mol. The van der Waals surface area contributed by atoms with Gasteiger partial charge in [-0.1, -0.05) is 13.0 Å². The zero-order valence-corrected chi connectivity index (χ0v) is 10.9. The number of nitriles is 1. The Hall–Kier alpha value is -1.86. The van der Waals surface area contributed by atoms with E-state index >= 15 is 0 Å². The van der Waals surface area contributed by atoms with Crippen molar-refractivity contribution in [2.24, 2.45) is 0 Å². The molecule has 0 saturated carbocycles. The van der Waals surface area contributed by atoms with Crippen molar-refractivity contribution in [2.75, 3.05) is 18.0 Å². The summed E-state index contributed by atoms with van der Waals surface area (Å²) in [6.07, 6.45) is 0. The number of aryl methyl sites for hydroxylation is 2. The molecule has 0 fully saturated rings. The van der Waals surface area contributed by atoms with Crippen molar-refractivity contribution < 1.29 is 4.79 Å². The molecule has 94 valence electrons. The van der Waals surface area contributed by atoms with Crippen LogP contribution in [0.3, 0.4) is 0 Å². The molecular formula is C14H17N3O. The molecule has 1 aliphatic heterocycles. The van der Waals surface area contributed by atoms with Crippen LogP contribution in [0.4, 0.5) is 5.69 Å². The Morgan fingerprint density at radius 2 is 2.17 bits per heavy atom. The molecule has 1 atom stereocenters. The lowest BCUT2D eigenvalue weighted by molar-refractivity contribution is -0.119. The van der Waals surface area contributed by atoms with Crippen LogP contribution in [0.1, 0.15) is 29.7 Å². The Balaban J connectivity index is 2.56. The molecule has 2 rings (SSSR count). The maximum absolute atomic E-state index is 12.3. The number of nitrogens with zero attached hydrogens (tertiary/aromatic N) is 2. The average molecular weight is 243 g/mol. The lowest BCUT2D eigenvalue weighted by Crippen LogP contribution is -2.34. The summed E-state index contributed by atoms with van der Waals surface area (Å²) in [6, 6.07) is 5.81. The molecule has 18 heavy (non-hydrogen) atoms. The molecule has 1 aliphatic rings. The van der Waals surface area contributed by atoms with Gasteiger partial charge in [-0.2, -0.15) is 5.26 Å². The summed E-state index contributed by atoms with van der Waals surface area (Å²) in [5.74, 6) is -0.0258. The second-order valence-corrected chi connectivity index (χ2v) is 4.59. The normalized spacial score (nSPS) is 17.8. The highest BCUT2D eigenvalue weighted by Crippen LogP contribution is 2.38. The van der Waals surface area contributed by atoms with Crippen LogP contribution in [0.2, 0.25) is 0 Å². The summed E-state index contributed by atoms with van der Waals surface area (Å²) in [5, 5.41) is 12.1. The van der Waals surface area contributed by atoms with Crippen molar-refractivity contribution in [1.29, 1.82) is 5.26 Å². The number of likely N-dealkylation sites (N-methyl/N-ethyl adjacent to an activating group) is 1. The second kappa shape index (κ2) is 4.79. The summed E-state index contributed by atoms with van der Waals surface area (Å²) < 4.78 is 0. The maximum atomic E-state index is 12.3. The number of benzene rings is 1. The first-order valence-electron chi connectivity index (χ1n) is 6.13. The first-order chi connectivity index (χ1) is 8.60. The Labute approximate surface area is 107 Å². The van der Waals surface area contributed by atoms with Gasteiger partial charge in [-0.3, -0.25) is 9.69 Å². The fourth-order valence-corrected chi connectivity index (χ4v) is 2.58. The molecule has 1 aromatic carbocycles. The van der Waals surface area contributed by atoms with Gasteiger partial charge in [0, 0.05) is 5.56 Å². The SMILES string of the molecule is CCNC1C(=O)N(CC#N)c2cc(C)cc(C)c21. The van der Waals surface area contributed by atoms with E-state index in [4.69, 9.17) is 5.26 Å². The highest BCUT2D eigenvalue weighted by molar-refractivity contribution is 6.05. The third-order valence-electron chi connectivity index (χ3n) is 3.24. The van der Waals surface area contributed by atoms with Gasteiger partial charge in [-0.15, -0.1) is 0 Å². The van der Waals surface area contributed by atoms with Gasteiger partial charge in [-0.05, 0) is 37.6 Å². The highest BCUT2D eigenvalue weighted by atomic mass is 16.2. The molecule has 0 saturated heterocycles. The van der Waals surface area contributed by atoms with Crippen LogP contribution >= 0.6 is 0 Å². The van der Waals surface area contributed by atoms with Gasteiger partial charge >= 0.3 is 0 Å². The van der Waals surface area contributed by atoms with E-state index in [9.17, 15) is 4.79 Å². The average Bonchev–Trinajstić information content (AvgIpc) is 2.56. The molecule has 1 unspecified atom stereocenters. The number of hydrogen-bond acceptors (Lipinski definition) is 3. The van der Waals surface area contributed by atoms with E-state index < -0.39 is 0 Å². The van der Waals surface area contributed by atoms with Crippen LogP contribution in [-0.2, 0) is 4.79 Å². The minimum absolute atomic E-state index is 0.0258. The van der Waals surface area contributed by atoms with E-state index in [-0.39, 0.29) is 18.5 Å². The van der Waals surface area contributed by atoms with Crippen molar-refractivity contribution in [2.45, 2.75) is 26.8 Å². The first-order valence-corrected chi connectivity index (χ1v) is 6.13. The topological polar surface area (TPSA) is 56.1 Å². The summed E-state index contributed by atoms with van der Waals surface area (Å²) in [5.41, 5.74) is 4.11. The van der Waals surface area contributed by atoms with Gasteiger partial charge in [0.05, 0.1) is 11.8 Å². The van der Waals surface area contributed by atoms with Crippen molar-refractivity contribution in [3.63, 3.8) is 0 Å². The van der Waals surface area contributed by atoms with Crippen LogP contribution in [0.5, 0.6) is 0 Å². The van der Waals surface area contributed by atoms with E-state index in [0.717, 1.165) is 28.9 Å². The van der Waals surface area contributed by atoms with Crippen molar-refractivity contribution in [1.82, 2.24) is 5.32 Å². The van der Waals surface area contributed by atoms with Gasteiger partial charge in [0.15, 0.2) is 0 Å². The number of nitrogens with one attached hydrogen (secondary N) is 1. The van der Waals surface area contributed by atoms with Crippen molar-refractivity contribution >= 4 is 11.6 Å². The molecule has 4 nitrogen and oxygen atoms in total. The molecule has 0 spiro atoms. The zero-order chi connectivity index (χ0) is 13.3. The minimum atomic E-state index is -0.307. The Morgan fingerprint density at radius 3 is 2.78 bits per heavy atom. The van der Waals surface area contributed by atoms with Crippen LogP contribution in [0.15, 0.2) is 12.1 Å². The third-order valence-corrected chi connectivity index (χ3v) is 3.24. The quantitative estimate of drug-likeness (QED) is 0.824. The van der Waals surface area contributed by atoms with Gasteiger partial charge in [0.25, 0.3) is 0 Å². The maximum Gasteiger partial charge on any atom is 0.249 e. The van der Waals surface area contributed by atoms with Crippen LogP contribution < -0.4 is 10.2 Å². The summed E-state index contributed by atoms with van der Waals surface area (Å²) in [6.45, 7) is 6.83. The standard InChI is InChI=1S/C14H17N3O/c1-4-16-13-12-10(3)7-9(2)8-11(12)17(6-5-15)14(13)18/h7-8,13,16H,4,6H2,1-3H3. The van der Waals surface area contributed by atoms with Crippen molar-refractivity contribution in [3.8, 4) is 6.07 Å². The number of anilines is 1. The molecule has 1 N–H and O–H groups in total. The summed E-state index contributed by atoms with van der Waals surface area (Å²) in [4.78, 5) is 13.9. The third kappa shape index (κ3) is 1.87. The molecule has 0 aromatic heterocycles. The lowest BCUT2D eigenvalue weighted by Gasteiger charge is -2.14. The predicted octanol–water partition coefficient (Wildman–Crippen LogP) is 1.82. The largest absolute Gasteiger partial charge is 0.302 e. The summed E-state index contributed by atoms with van der Waals surface area (Å²) in [7, 11) is 0. The Bertz CT molecular complexity index is 531. The smallest absolute Gasteiger partial charge is 0.249 e. The van der Waals surface area contributed by atoms with Crippen molar-refractivity contribution in [3.05, 3.63) is 28.8 Å². The minimum Gasteiger partial charge on any atom is -0.302 e. The molecule has 0 aliphatic carbocycles. The number of rotatable bonds is 3. The van der Waals surface area contributed by atoms with Gasteiger partial charge in [0.1, 0.15) is 12.6 Å². The number of fused-ring (bicyclic) bond motifs is 1. The van der Waals surface area contributed by atoms with E-state index in [2.05, 4.69) is 17.5 Å². The van der Waals surface area contributed by atoms with Crippen LogP contribution in [0, 0.1) is 25.2 Å². The number of carbonyl (C=O) groups excluding carboxylic acids is 1. The Morgan fingerprint density at radius 1 is 1.44 bits per heavy atom. The number of hydrogen-bond donors (Lipinski definition) is 1. The molecule has 0 bridgehead atoms. The second-order valence-electron chi connectivity index (χ2n) is 4.59. The fourth-order valence-electron chi connectivity index (χ4n) is 2.58. The highest BCUT2D eigenvalue weighted by Gasteiger charge is 2.37.